The highest BCUT2D eigenvalue weighted by Gasteiger charge is 2.25. The smallest absolute Gasteiger partial charge is 0.323 e. The highest BCUT2D eigenvalue weighted by molar-refractivity contribution is 5.76. The molecule has 0 aliphatic carbocycles. The number of nitrogens with one attached hydrogen (secondary N) is 2. The molecule has 0 rings (SSSR count). The number of hydrogen-bond acceptors (Lipinski definition) is 4. The second kappa shape index (κ2) is 8.54. The summed E-state index contributed by atoms with van der Waals surface area (Å²) >= 11 is 0. The summed E-state index contributed by atoms with van der Waals surface area (Å²) in [4.78, 5) is 12.1. The Hall–Kier alpha value is -0.610. The molecule has 2 N–H and O–H groups in total. The van der Waals surface area contributed by atoms with Gasteiger partial charge in [0.25, 0.3) is 0 Å². The fourth-order valence-electron chi connectivity index (χ4n) is 1.74. The first-order chi connectivity index (χ1) is 8.61. The Morgan fingerprint density at radius 3 is 2.11 bits per heavy atom. The highest BCUT2D eigenvalue weighted by Crippen LogP contribution is 2.11. The van der Waals surface area contributed by atoms with Gasteiger partial charge >= 0.3 is 5.97 Å². The Labute approximate surface area is 118 Å². The zero-order chi connectivity index (χ0) is 15.1. The van der Waals surface area contributed by atoms with E-state index in [9.17, 15) is 4.79 Å². The van der Waals surface area contributed by atoms with Crippen LogP contribution in [0.25, 0.3) is 0 Å². The zero-order valence-corrected chi connectivity index (χ0v) is 13.7. The Bertz CT molecular complexity index is 257. The predicted octanol–water partition coefficient (Wildman–Crippen LogP) is 2.47. The summed E-state index contributed by atoms with van der Waals surface area (Å²) < 4.78 is 5.46. The van der Waals surface area contributed by atoms with Crippen molar-refractivity contribution in [3.63, 3.8) is 0 Å². The maximum absolute atomic E-state index is 12.1. The molecule has 0 fully saturated rings. The van der Waals surface area contributed by atoms with Crippen LogP contribution in [0.2, 0.25) is 0 Å². The third kappa shape index (κ3) is 11.0. The molecule has 1 atom stereocenters. The molecule has 0 aromatic carbocycles. The second-order valence-corrected chi connectivity index (χ2v) is 6.66. The van der Waals surface area contributed by atoms with Gasteiger partial charge in [-0.25, -0.2) is 0 Å². The van der Waals surface area contributed by atoms with E-state index < -0.39 is 5.60 Å². The van der Waals surface area contributed by atoms with Crippen molar-refractivity contribution in [2.45, 2.75) is 85.0 Å². The molecule has 0 heterocycles. The van der Waals surface area contributed by atoms with Gasteiger partial charge in [-0.15, -0.1) is 0 Å². The van der Waals surface area contributed by atoms with E-state index in [1.54, 1.807) is 0 Å². The van der Waals surface area contributed by atoms with Crippen molar-refractivity contribution in [2.24, 2.45) is 0 Å². The summed E-state index contributed by atoms with van der Waals surface area (Å²) in [7, 11) is 0. The molecule has 0 aromatic heterocycles. The Morgan fingerprint density at radius 2 is 1.68 bits per heavy atom. The summed E-state index contributed by atoms with van der Waals surface area (Å²) in [6, 6.07) is 0.543. The topological polar surface area (TPSA) is 50.4 Å². The van der Waals surface area contributed by atoms with E-state index in [0.29, 0.717) is 6.04 Å². The Kier molecular flexibility index (Phi) is 8.26. The van der Waals surface area contributed by atoms with Gasteiger partial charge in [0.1, 0.15) is 11.6 Å². The molecular formula is C15H32N2O2. The summed E-state index contributed by atoms with van der Waals surface area (Å²) in [6.07, 6.45) is 1.76. The molecule has 0 saturated carbocycles. The fourth-order valence-corrected chi connectivity index (χ4v) is 1.74. The van der Waals surface area contributed by atoms with Gasteiger partial charge < -0.3 is 15.4 Å². The molecule has 0 aromatic rings. The minimum Gasteiger partial charge on any atom is -0.459 e. The van der Waals surface area contributed by atoms with E-state index in [1.165, 1.54) is 0 Å². The maximum atomic E-state index is 12.1. The van der Waals surface area contributed by atoms with Crippen molar-refractivity contribution in [2.75, 3.05) is 6.54 Å². The number of esters is 1. The third-order valence-electron chi connectivity index (χ3n) is 2.45. The van der Waals surface area contributed by atoms with E-state index in [1.807, 2.05) is 34.6 Å². The number of rotatable bonds is 8. The van der Waals surface area contributed by atoms with Crippen LogP contribution in [0.4, 0.5) is 0 Å². The van der Waals surface area contributed by atoms with E-state index in [4.69, 9.17) is 4.74 Å². The first-order valence-corrected chi connectivity index (χ1v) is 7.34. The molecule has 4 heteroatoms. The van der Waals surface area contributed by atoms with E-state index in [-0.39, 0.29) is 18.1 Å². The molecule has 0 saturated heterocycles. The lowest BCUT2D eigenvalue weighted by Gasteiger charge is -2.26. The lowest BCUT2D eigenvalue weighted by molar-refractivity contribution is -0.157. The molecule has 0 amide bonds. The van der Waals surface area contributed by atoms with Gasteiger partial charge in [0, 0.05) is 12.1 Å². The second-order valence-electron chi connectivity index (χ2n) is 6.66. The monoisotopic (exact) mass is 272 g/mol. The van der Waals surface area contributed by atoms with Gasteiger partial charge in [0.2, 0.25) is 0 Å². The minimum absolute atomic E-state index is 0.147. The van der Waals surface area contributed by atoms with Crippen LogP contribution in [0, 0.1) is 0 Å². The van der Waals surface area contributed by atoms with Crippen molar-refractivity contribution in [1.82, 2.24) is 10.6 Å². The summed E-state index contributed by atoms with van der Waals surface area (Å²) in [5.74, 6) is -0.147. The Balaban J connectivity index is 4.26. The van der Waals surface area contributed by atoms with Crippen molar-refractivity contribution >= 4 is 5.97 Å². The lowest BCUT2D eigenvalue weighted by atomic mass is 10.1. The van der Waals surface area contributed by atoms with Crippen LogP contribution in [0.3, 0.4) is 0 Å². The van der Waals surface area contributed by atoms with Gasteiger partial charge in [-0.05, 0) is 40.2 Å². The van der Waals surface area contributed by atoms with Crippen LogP contribution in [0.1, 0.15) is 61.3 Å². The van der Waals surface area contributed by atoms with Crippen LogP contribution >= 0.6 is 0 Å². The summed E-state index contributed by atoms with van der Waals surface area (Å²) in [6.45, 7) is 15.0. The summed E-state index contributed by atoms with van der Waals surface area (Å²) in [5, 5.41) is 6.65. The largest absolute Gasteiger partial charge is 0.459 e. The van der Waals surface area contributed by atoms with Crippen LogP contribution in [0.5, 0.6) is 0 Å². The standard InChI is InChI=1S/C15H32N2O2/c1-11(2)16-10-8-9-13(17-12(3)4)14(18)19-15(5,6)7/h11-13,16-17H,8-10H2,1-7H3. The normalized spacial score (nSPS) is 13.9. The molecule has 1 unspecified atom stereocenters. The maximum Gasteiger partial charge on any atom is 0.323 e. The molecule has 114 valence electrons. The highest BCUT2D eigenvalue weighted by atomic mass is 16.6. The fraction of sp³-hybridized carbons (Fsp3) is 0.933. The first kappa shape index (κ1) is 18.4. The molecule has 0 radical (unpaired) electrons. The molecule has 19 heavy (non-hydrogen) atoms. The quantitative estimate of drug-likeness (QED) is 0.526. The van der Waals surface area contributed by atoms with Crippen molar-refractivity contribution in [3.8, 4) is 0 Å². The van der Waals surface area contributed by atoms with E-state index >= 15 is 0 Å². The van der Waals surface area contributed by atoms with Crippen LogP contribution < -0.4 is 10.6 Å². The zero-order valence-electron chi connectivity index (χ0n) is 13.7. The molecular weight excluding hydrogens is 240 g/mol. The predicted molar refractivity (Wildman–Crippen MR) is 80.3 cm³/mol. The minimum atomic E-state index is -0.426. The van der Waals surface area contributed by atoms with E-state index in [2.05, 4.69) is 24.5 Å². The van der Waals surface area contributed by atoms with E-state index in [0.717, 1.165) is 19.4 Å². The number of carbonyl (C=O) groups excluding carboxylic acids is 1. The van der Waals surface area contributed by atoms with Crippen LogP contribution in [-0.4, -0.2) is 36.2 Å². The number of hydrogen-bond donors (Lipinski definition) is 2. The van der Waals surface area contributed by atoms with Gasteiger partial charge in [-0.3, -0.25) is 4.79 Å². The average Bonchev–Trinajstić information content (AvgIpc) is 2.19. The van der Waals surface area contributed by atoms with Crippen LogP contribution in [0.15, 0.2) is 0 Å². The molecule has 4 nitrogen and oxygen atoms in total. The molecule has 0 spiro atoms. The Morgan fingerprint density at radius 1 is 1.11 bits per heavy atom. The molecule has 0 bridgehead atoms. The van der Waals surface area contributed by atoms with Gasteiger partial charge in [-0.1, -0.05) is 27.7 Å². The van der Waals surface area contributed by atoms with Gasteiger partial charge in [0.15, 0.2) is 0 Å². The van der Waals surface area contributed by atoms with Crippen molar-refractivity contribution in [3.05, 3.63) is 0 Å². The molecule has 0 aliphatic heterocycles. The van der Waals surface area contributed by atoms with Gasteiger partial charge in [-0.2, -0.15) is 0 Å². The third-order valence-corrected chi connectivity index (χ3v) is 2.45. The molecule has 0 aliphatic rings. The number of ether oxygens (including phenoxy) is 1. The summed E-state index contributed by atoms with van der Waals surface area (Å²) in [5.41, 5.74) is -0.426. The first-order valence-electron chi connectivity index (χ1n) is 7.34. The van der Waals surface area contributed by atoms with Gasteiger partial charge in [0.05, 0.1) is 0 Å². The SMILES string of the molecule is CC(C)NCCCC(NC(C)C)C(=O)OC(C)(C)C. The van der Waals surface area contributed by atoms with Crippen molar-refractivity contribution < 1.29 is 9.53 Å². The average molecular weight is 272 g/mol. The number of carbonyl (C=O) groups is 1. The van der Waals surface area contributed by atoms with Crippen molar-refractivity contribution in [1.29, 1.82) is 0 Å². The lowest BCUT2D eigenvalue weighted by Crippen LogP contribution is -2.44. The van der Waals surface area contributed by atoms with Crippen LogP contribution in [-0.2, 0) is 9.53 Å².